The van der Waals surface area contributed by atoms with Crippen LogP contribution in [0.25, 0.3) is 0 Å². The van der Waals surface area contributed by atoms with Crippen LogP contribution in [0.3, 0.4) is 0 Å². The van der Waals surface area contributed by atoms with Crippen molar-refractivity contribution in [2.24, 2.45) is 0 Å². The summed E-state index contributed by atoms with van der Waals surface area (Å²) in [7, 11) is -3.95. The van der Waals surface area contributed by atoms with Crippen molar-refractivity contribution < 1.29 is 21.6 Å². The molecule has 0 aliphatic rings. The van der Waals surface area contributed by atoms with Gasteiger partial charge in [0.2, 0.25) is 0 Å². The minimum atomic E-state index is -4.67. The van der Waals surface area contributed by atoms with Crippen molar-refractivity contribution in [1.29, 1.82) is 0 Å². The third-order valence-corrected chi connectivity index (χ3v) is 4.70. The number of sulfone groups is 1. The van der Waals surface area contributed by atoms with Crippen molar-refractivity contribution in [3.63, 3.8) is 0 Å². The summed E-state index contributed by atoms with van der Waals surface area (Å²) in [5, 5.41) is 3.03. The van der Waals surface area contributed by atoms with E-state index < -0.39 is 26.5 Å². The van der Waals surface area contributed by atoms with Gasteiger partial charge in [0, 0.05) is 6.04 Å². The monoisotopic (exact) mass is 309 g/mol. The first-order valence-corrected chi connectivity index (χ1v) is 7.96. The molecule has 1 aromatic carbocycles. The van der Waals surface area contributed by atoms with Crippen molar-refractivity contribution >= 4 is 9.84 Å². The van der Waals surface area contributed by atoms with Crippen LogP contribution in [-0.2, 0) is 16.0 Å². The number of hydrogen-bond acceptors (Lipinski definition) is 3. The highest BCUT2D eigenvalue weighted by molar-refractivity contribution is 7.91. The van der Waals surface area contributed by atoms with Gasteiger partial charge in [-0.3, -0.25) is 0 Å². The molecule has 0 radical (unpaired) electrons. The minimum absolute atomic E-state index is 0.0622. The van der Waals surface area contributed by atoms with E-state index in [-0.39, 0.29) is 18.2 Å². The molecule has 0 amide bonds. The molecule has 7 heteroatoms. The van der Waals surface area contributed by atoms with Gasteiger partial charge < -0.3 is 5.32 Å². The zero-order valence-electron chi connectivity index (χ0n) is 11.4. The van der Waals surface area contributed by atoms with E-state index in [2.05, 4.69) is 5.32 Å². The molecule has 0 bridgehead atoms. The fourth-order valence-electron chi connectivity index (χ4n) is 1.86. The van der Waals surface area contributed by atoms with Crippen LogP contribution in [0, 0.1) is 0 Å². The molecule has 1 N–H and O–H groups in total. The van der Waals surface area contributed by atoms with Crippen molar-refractivity contribution in [3.05, 3.63) is 29.8 Å². The fourth-order valence-corrected chi connectivity index (χ4v) is 3.55. The van der Waals surface area contributed by atoms with Gasteiger partial charge in [-0.15, -0.1) is 0 Å². The quantitative estimate of drug-likeness (QED) is 0.879. The molecule has 0 spiro atoms. The SMILES string of the molecule is CCNC(C)CCS(=O)(=O)c1ccccc1C(F)(F)F. The van der Waals surface area contributed by atoms with Gasteiger partial charge in [-0.05, 0) is 32.0 Å². The highest BCUT2D eigenvalue weighted by Crippen LogP contribution is 2.34. The highest BCUT2D eigenvalue weighted by Gasteiger charge is 2.36. The lowest BCUT2D eigenvalue weighted by Gasteiger charge is -2.15. The number of hydrogen-bond donors (Lipinski definition) is 1. The van der Waals surface area contributed by atoms with Crippen LogP contribution in [0.5, 0.6) is 0 Å². The molecule has 1 aromatic rings. The molecule has 0 saturated carbocycles. The van der Waals surface area contributed by atoms with E-state index in [0.29, 0.717) is 6.54 Å². The predicted molar refractivity (Wildman–Crippen MR) is 71.3 cm³/mol. The number of halogens is 3. The summed E-state index contributed by atoms with van der Waals surface area (Å²) >= 11 is 0. The normalized spacial score (nSPS) is 14.2. The Balaban J connectivity index is 2.99. The van der Waals surface area contributed by atoms with Crippen LogP contribution in [0.15, 0.2) is 29.2 Å². The summed E-state index contributed by atoms with van der Waals surface area (Å²) in [6.07, 6.45) is -4.40. The van der Waals surface area contributed by atoms with Crippen molar-refractivity contribution in [3.8, 4) is 0 Å². The lowest BCUT2D eigenvalue weighted by atomic mass is 10.2. The summed E-state index contributed by atoms with van der Waals surface area (Å²) in [4.78, 5) is -0.642. The van der Waals surface area contributed by atoms with E-state index in [1.54, 1.807) is 6.92 Å². The maximum atomic E-state index is 12.8. The predicted octanol–water partition coefficient (Wildman–Crippen LogP) is 2.87. The lowest BCUT2D eigenvalue weighted by Crippen LogP contribution is -2.28. The molecule has 1 atom stereocenters. The largest absolute Gasteiger partial charge is 0.417 e. The third-order valence-electron chi connectivity index (χ3n) is 2.90. The van der Waals surface area contributed by atoms with Gasteiger partial charge in [-0.1, -0.05) is 19.1 Å². The zero-order valence-corrected chi connectivity index (χ0v) is 12.2. The first kappa shape index (κ1) is 17.0. The van der Waals surface area contributed by atoms with Crippen LogP contribution in [-0.4, -0.2) is 26.8 Å². The number of alkyl halides is 3. The third kappa shape index (κ3) is 4.49. The summed E-state index contributed by atoms with van der Waals surface area (Å²) in [6, 6.07) is 4.23. The minimum Gasteiger partial charge on any atom is -0.314 e. The van der Waals surface area contributed by atoms with E-state index in [1.807, 2.05) is 6.92 Å². The van der Waals surface area contributed by atoms with E-state index in [0.717, 1.165) is 12.1 Å². The first-order valence-electron chi connectivity index (χ1n) is 6.31. The van der Waals surface area contributed by atoms with Gasteiger partial charge in [0.25, 0.3) is 0 Å². The van der Waals surface area contributed by atoms with E-state index >= 15 is 0 Å². The van der Waals surface area contributed by atoms with Crippen molar-refractivity contribution in [2.75, 3.05) is 12.3 Å². The Morgan fingerprint density at radius 1 is 1.25 bits per heavy atom. The Kier molecular flexibility index (Phi) is 5.59. The van der Waals surface area contributed by atoms with Gasteiger partial charge >= 0.3 is 6.18 Å². The highest BCUT2D eigenvalue weighted by atomic mass is 32.2. The van der Waals surface area contributed by atoms with E-state index in [9.17, 15) is 21.6 Å². The van der Waals surface area contributed by atoms with Crippen LogP contribution < -0.4 is 5.32 Å². The smallest absolute Gasteiger partial charge is 0.314 e. The average molecular weight is 309 g/mol. The summed E-state index contributed by atoms with van der Waals surface area (Å²) < 4.78 is 62.6. The fraction of sp³-hybridized carbons (Fsp3) is 0.538. The van der Waals surface area contributed by atoms with E-state index in [4.69, 9.17) is 0 Å². The second kappa shape index (κ2) is 6.58. The molecule has 3 nitrogen and oxygen atoms in total. The second-order valence-corrected chi connectivity index (χ2v) is 6.64. The van der Waals surface area contributed by atoms with Crippen LogP contribution in [0.4, 0.5) is 13.2 Å². The molecule has 0 aliphatic carbocycles. The molecule has 0 aromatic heterocycles. The van der Waals surface area contributed by atoms with Crippen LogP contribution >= 0.6 is 0 Å². The molecule has 20 heavy (non-hydrogen) atoms. The number of rotatable bonds is 6. The number of benzene rings is 1. The molecular weight excluding hydrogens is 291 g/mol. The standard InChI is InChI=1S/C13H18F3NO2S/c1-3-17-10(2)8-9-20(18,19)12-7-5-4-6-11(12)13(14,15)16/h4-7,10,17H,3,8-9H2,1-2H3. The Labute approximate surface area is 117 Å². The van der Waals surface area contributed by atoms with Crippen molar-refractivity contribution in [2.45, 2.75) is 37.4 Å². The summed E-state index contributed by atoms with van der Waals surface area (Å²) in [5.74, 6) is -0.311. The maximum absolute atomic E-state index is 12.8. The zero-order chi connectivity index (χ0) is 15.4. The molecular formula is C13H18F3NO2S. The topological polar surface area (TPSA) is 46.2 Å². The molecule has 0 fully saturated rings. The lowest BCUT2D eigenvalue weighted by molar-refractivity contribution is -0.139. The van der Waals surface area contributed by atoms with E-state index in [1.165, 1.54) is 12.1 Å². The van der Waals surface area contributed by atoms with Gasteiger partial charge in [-0.25, -0.2) is 8.42 Å². The average Bonchev–Trinajstić information content (AvgIpc) is 2.36. The summed E-state index contributed by atoms with van der Waals surface area (Å²) in [6.45, 7) is 4.36. The Morgan fingerprint density at radius 2 is 1.85 bits per heavy atom. The number of nitrogens with one attached hydrogen (secondary N) is 1. The second-order valence-electron chi connectivity index (χ2n) is 4.56. The van der Waals surface area contributed by atoms with Gasteiger partial charge in [0.1, 0.15) is 0 Å². The molecule has 0 heterocycles. The molecule has 1 unspecified atom stereocenters. The summed E-state index contributed by atoms with van der Waals surface area (Å²) in [5.41, 5.74) is -1.10. The van der Waals surface area contributed by atoms with Gasteiger partial charge in [0.15, 0.2) is 9.84 Å². The molecule has 114 valence electrons. The maximum Gasteiger partial charge on any atom is 0.417 e. The Hall–Kier alpha value is -1.08. The molecule has 1 rings (SSSR count). The molecule has 0 saturated heterocycles. The van der Waals surface area contributed by atoms with Gasteiger partial charge in [-0.2, -0.15) is 13.2 Å². The Morgan fingerprint density at radius 3 is 2.40 bits per heavy atom. The first-order chi connectivity index (χ1) is 9.18. The van der Waals surface area contributed by atoms with Gasteiger partial charge in [0.05, 0.1) is 16.2 Å². The van der Waals surface area contributed by atoms with Crippen molar-refractivity contribution in [1.82, 2.24) is 5.32 Å². The Bertz CT molecular complexity index is 541. The van der Waals surface area contributed by atoms with Crippen LogP contribution in [0.2, 0.25) is 0 Å². The van der Waals surface area contributed by atoms with Crippen LogP contribution in [0.1, 0.15) is 25.8 Å². The molecule has 0 aliphatic heterocycles.